The minimum absolute atomic E-state index is 0.409. The van der Waals surface area contributed by atoms with Gasteiger partial charge in [-0.3, -0.25) is 5.41 Å². The molecule has 1 atom stereocenters. The number of rotatable bonds is 7. The monoisotopic (exact) mass is 281 g/mol. The maximum Gasteiger partial charge on any atom is 0.135 e. The Balaban J connectivity index is 2.26. The lowest BCUT2D eigenvalue weighted by atomic mass is 10.0. The summed E-state index contributed by atoms with van der Waals surface area (Å²) in [6.45, 7) is 4.37. The third-order valence-electron chi connectivity index (χ3n) is 3.61. The number of aromatic nitrogens is 1. The molecule has 0 fully saturated rings. The molecule has 2 rings (SSSR count). The molecule has 2 N–H and O–H groups in total. The molecule has 0 amide bonds. The zero-order chi connectivity index (χ0) is 15.1. The van der Waals surface area contributed by atoms with Gasteiger partial charge in [-0.05, 0) is 25.0 Å². The van der Waals surface area contributed by atoms with Crippen LogP contribution < -0.4 is 5.32 Å². The number of anilines is 1. The van der Waals surface area contributed by atoms with Crippen molar-refractivity contribution in [2.24, 2.45) is 0 Å². The van der Waals surface area contributed by atoms with Crippen molar-refractivity contribution in [1.29, 1.82) is 5.41 Å². The Morgan fingerprint density at radius 2 is 1.90 bits per heavy atom. The third-order valence-corrected chi connectivity index (χ3v) is 3.61. The first-order valence-corrected chi connectivity index (χ1v) is 7.62. The van der Waals surface area contributed by atoms with Gasteiger partial charge in [0.15, 0.2) is 0 Å². The molecule has 0 saturated heterocycles. The van der Waals surface area contributed by atoms with Crippen LogP contribution in [-0.2, 0) is 0 Å². The summed E-state index contributed by atoms with van der Waals surface area (Å²) in [7, 11) is 0. The molecule has 0 spiro atoms. The number of pyridine rings is 1. The van der Waals surface area contributed by atoms with Gasteiger partial charge in [-0.1, -0.05) is 50.6 Å². The fourth-order valence-electron chi connectivity index (χ4n) is 2.40. The van der Waals surface area contributed by atoms with E-state index in [0.717, 1.165) is 36.2 Å². The minimum Gasteiger partial charge on any atom is -0.367 e. The fraction of sp³-hybridized carbons (Fsp3) is 0.333. The molecule has 1 unspecified atom stereocenters. The predicted molar refractivity (Wildman–Crippen MR) is 89.2 cm³/mol. The molecular weight excluding hydrogens is 258 g/mol. The van der Waals surface area contributed by atoms with E-state index in [1.54, 1.807) is 6.20 Å². The molecule has 110 valence electrons. The molecule has 0 saturated carbocycles. The summed E-state index contributed by atoms with van der Waals surface area (Å²) in [5, 5.41) is 11.9. The van der Waals surface area contributed by atoms with Gasteiger partial charge in [-0.15, -0.1) is 0 Å². The second-order valence-electron chi connectivity index (χ2n) is 5.18. The van der Waals surface area contributed by atoms with Gasteiger partial charge in [0.2, 0.25) is 0 Å². The van der Waals surface area contributed by atoms with Crippen molar-refractivity contribution in [3.63, 3.8) is 0 Å². The second-order valence-corrected chi connectivity index (χ2v) is 5.18. The molecule has 1 aromatic heterocycles. The van der Waals surface area contributed by atoms with Crippen molar-refractivity contribution >= 4 is 11.5 Å². The Kier molecular flexibility index (Phi) is 5.50. The van der Waals surface area contributed by atoms with Crippen molar-refractivity contribution in [3.05, 3.63) is 59.8 Å². The highest BCUT2D eigenvalue weighted by Gasteiger charge is 2.13. The molecule has 21 heavy (non-hydrogen) atoms. The molecule has 3 heteroatoms. The van der Waals surface area contributed by atoms with Gasteiger partial charge in [0.05, 0.1) is 5.71 Å². The van der Waals surface area contributed by atoms with E-state index in [0.29, 0.717) is 11.8 Å². The van der Waals surface area contributed by atoms with E-state index < -0.39 is 0 Å². The summed E-state index contributed by atoms with van der Waals surface area (Å²) in [5.74, 6) is 0.812. The Morgan fingerprint density at radius 3 is 2.57 bits per heavy atom. The zero-order valence-corrected chi connectivity index (χ0v) is 12.8. The average molecular weight is 281 g/mol. The van der Waals surface area contributed by atoms with Crippen LogP contribution in [0.1, 0.15) is 44.2 Å². The smallest absolute Gasteiger partial charge is 0.135 e. The summed E-state index contributed by atoms with van der Waals surface area (Å²) in [5.41, 5.74) is 2.29. The fourth-order valence-corrected chi connectivity index (χ4v) is 2.40. The normalized spacial score (nSPS) is 11.9. The third kappa shape index (κ3) is 3.91. The van der Waals surface area contributed by atoms with E-state index in [2.05, 4.69) is 24.1 Å². The molecule has 0 radical (unpaired) electrons. The quantitative estimate of drug-likeness (QED) is 0.735. The van der Waals surface area contributed by atoms with E-state index in [1.807, 2.05) is 42.5 Å². The van der Waals surface area contributed by atoms with Crippen molar-refractivity contribution in [2.75, 3.05) is 5.32 Å². The molecule has 0 aliphatic rings. The topological polar surface area (TPSA) is 48.8 Å². The van der Waals surface area contributed by atoms with Crippen LogP contribution in [0.5, 0.6) is 0 Å². The molecule has 1 heterocycles. The highest BCUT2D eigenvalue weighted by molar-refractivity contribution is 6.13. The Morgan fingerprint density at radius 1 is 1.14 bits per heavy atom. The second kappa shape index (κ2) is 7.58. The number of hydrogen-bond donors (Lipinski definition) is 2. The number of benzene rings is 1. The first kappa shape index (κ1) is 15.2. The molecular formula is C18H23N3. The summed E-state index contributed by atoms with van der Waals surface area (Å²) in [6, 6.07) is 14.1. The molecule has 0 bridgehead atoms. The first-order valence-electron chi connectivity index (χ1n) is 7.62. The van der Waals surface area contributed by atoms with Crippen LogP contribution >= 0.6 is 0 Å². The van der Waals surface area contributed by atoms with Crippen molar-refractivity contribution in [2.45, 2.75) is 39.2 Å². The van der Waals surface area contributed by atoms with E-state index in [-0.39, 0.29) is 0 Å². The van der Waals surface area contributed by atoms with E-state index in [1.165, 1.54) is 0 Å². The van der Waals surface area contributed by atoms with Gasteiger partial charge in [0, 0.05) is 23.4 Å². The molecule has 3 nitrogen and oxygen atoms in total. The maximum atomic E-state index is 8.43. The highest BCUT2D eigenvalue weighted by atomic mass is 15.0. The van der Waals surface area contributed by atoms with Gasteiger partial charge in [0.1, 0.15) is 5.82 Å². The SMILES string of the molecule is CCCC(CC)Nc1ncccc1C(=N)c1ccccc1. The van der Waals surface area contributed by atoms with Crippen LogP contribution in [0.2, 0.25) is 0 Å². The van der Waals surface area contributed by atoms with E-state index >= 15 is 0 Å². The number of hydrogen-bond acceptors (Lipinski definition) is 3. The Hall–Kier alpha value is -2.16. The van der Waals surface area contributed by atoms with Crippen LogP contribution in [0.4, 0.5) is 5.82 Å². The highest BCUT2D eigenvalue weighted by Crippen LogP contribution is 2.19. The van der Waals surface area contributed by atoms with Gasteiger partial charge >= 0.3 is 0 Å². The van der Waals surface area contributed by atoms with E-state index in [9.17, 15) is 0 Å². The summed E-state index contributed by atoms with van der Waals surface area (Å²) in [4.78, 5) is 4.44. The summed E-state index contributed by atoms with van der Waals surface area (Å²) in [6.07, 6.45) is 5.10. The Labute approximate surface area is 126 Å². The minimum atomic E-state index is 0.409. The van der Waals surface area contributed by atoms with E-state index in [4.69, 9.17) is 5.41 Å². The molecule has 1 aromatic carbocycles. The lowest BCUT2D eigenvalue weighted by Crippen LogP contribution is -2.21. The first-order chi connectivity index (χ1) is 10.3. The average Bonchev–Trinajstić information content (AvgIpc) is 2.55. The zero-order valence-electron chi connectivity index (χ0n) is 12.8. The molecule has 2 aromatic rings. The van der Waals surface area contributed by atoms with Crippen LogP contribution in [0.15, 0.2) is 48.7 Å². The predicted octanol–water partition coefficient (Wildman–Crippen LogP) is 4.49. The summed E-state index contributed by atoms with van der Waals surface area (Å²) < 4.78 is 0. The van der Waals surface area contributed by atoms with Gasteiger partial charge in [-0.25, -0.2) is 4.98 Å². The van der Waals surface area contributed by atoms with Gasteiger partial charge < -0.3 is 5.32 Å². The van der Waals surface area contributed by atoms with Crippen LogP contribution in [0, 0.1) is 5.41 Å². The molecule has 0 aliphatic carbocycles. The largest absolute Gasteiger partial charge is 0.367 e. The lowest BCUT2D eigenvalue weighted by Gasteiger charge is -2.19. The van der Waals surface area contributed by atoms with Crippen LogP contribution in [0.3, 0.4) is 0 Å². The van der Waals surface area contributed by atoms with Crippen molar-refractivity contribution < 1.29 is 0 Å². The standard InChI is InChI=1S/C18H23N3/c1-3-9-15(4-2)21-18-16(12-8-13-20-18)17(19)14-10-6-5-7-11-14/h5-8,10-13,15,19H,3-4,9H2,1-2H3,(H,20,21). The molecule has 0 aliphatic heterocycles. The number of nitrogens with one attached hydrogen (secondary N) is 2. The summed E-state index contributed by atoms with van der Waals surface area (Å²) >= 11 is 0. The van der Waals surface area contributed by atoms with Crippen LogP contribution in [0.25, 0.3) is 0 Å². The maximum absolute atomic E-state index is 8.43. The van der Waals surface area contributed by atoms with Crippen LogP contribution in [-0.4, -0.2) is 16.7 Å². The number of nitrogens with zero attached hydrogens (tertiary/aromatic N) is 1. The van der Waals surface area contributed by atoms with Crippen molar-refractivity contribution in [3.8, 4) is 0 Å². The lowest BCUT2D eigenvalue weighted by molar-refractivity contribution is 0.620. The van der Waals surface area contributed by atoms with Gasteiger partial charge in [0.25, 0.3) is 0 Å². The van der Waals surface area contributed by atoms with Crippen molar-refractivity contribution in [1.82, 2.24) is 4.98 Å². The van der Waals surface area contributed by atoms with Gasteiger partial charge in [-0.2, -0.15) is 0 Å². The Bertz CT molecular complexity index is 578.